The number of carbonyl (C=O) groups is 2. The minimum absolute atomic E-state index is 0.0458. The van der Waals surface area contributed by atoms with Gasteiger partial charge in [-0.2, -0.15) is 0 Å². The first-order valence-corrected chi connectivity index (χ1v) is 9.83. The van der Waals surface area contributed by atoms with Gasteiger partial charge in [0.25, 0.3) is 0 Å². The van der Waals surface area contributed by atoms with Crippen LogP contribution in [0.1, 0.15) is 12.0 Å². The minimum atomic E-state index is -0.427. The molecule has 0 radical (unpaired) electrons. The summed E-state index contributed by atoms with van der Waals surface area (Å²) in [6.45, 7) is 2.24. The second-order valence-electron chi connectivity index (χ2n) is 7.42. The molecule has 1 N–H and O–H groups in total. The van der Waals surface area contributed by atoms with Gasteiger partial charge in [0.05, 0.1) is 25.8 Å². The predicted octanol–water partition coefficient (Wildman–Crippen LogP) is 4.16. The van der Waals surface area contributed by atoms with Gasteiger partial charge in [-0.3, -0.25) is 9.59 Å². The Morgan fingerprint density at radius 1 is 1.03 bits per heavy atom. The highest BCUT2D eigenvalue weighted by Gasteiger charge is 2.36. The summed E-state index contributed by atoms with van der Waals surface area (Å²) in [5.74, 6) is 0.491. The summed E-state index contributed by atoms with van der Waals surface area (Å²) in [7, 11) is 3.12. The Balaban J connectivity index is 1.55. The Kier molecular flexibility index (Phi) is 5.31. The zero-order chi connectivity index (χ0) is 21.3. The number of ether oxygens (including phenoxy) is 2. The molecular formula is C24H24N2O4. The summed E-state index contributed by atoms with van der Waals surface area (Å²) >= 11 is 0. The molecule has 6 nitrogen and oxygen atoms in total. The van der Waals surface area contributed by atoms with Crippen LogP contribution in [-0.4, -0.2) is 32.6 Å². The number of benzene rings is 3. The number of amides is 2. The number of nitrogens with zero attached hydrogens (tertiary/aromatic N) is 1. The highest BCUT2D eigenvalue weighted by atomic mass is 16.5. The fourth-order valence-electron chi connectivity index (χ4n) is 3.91. The lowest BCUT2D eigenvalue weighted by molar-refractivity contribution is -0.122. The second-order valence-corrected chi connectivity index (χ2v) is 7.42. The molecule has 0 saturated carbocycles. The molecule has 1 unspecified atom stereocenters. The lowest BCUT2D eigenvalue weighted by atomic mass is 10.1. The van der Waals surface area contributed by atoms with E-state index >= 15 is 0 Å². The summed E-state index contributed by atoms with van der Waals surface area (Å²) in [6.07, 6.45) is 0.182. The van der Waals surface area contributed by atoms with Crippen LogP contribution >= 0.6 is 0 Å². The fraction of sp³-hybridized carbons (Fsp3) is 0.250. The molecule has 0 aromatic heterocycles. The van der Waals surface area contributed by atoms with Crippen LogP contribution in [0.2, 0.25) is 0 Å². The molecule has 154 valence electrons. The van der Waals surface area contributed by atoms with Gasteiger partial charge < -0.3 is 19.7 Å². The third-order valence-electron chi connectivity index (χ3n) is 5.54. The maximum atomic E-state index is 12.9. The molecule has 0 spiro atoms. The number of hydrogen-bond acceptors (Lipinski definition) is 4. The Morgan fingerprint density at radius 3 is 2.50 bits per heavy atom. The van der Waals surface area contributed by atoms with Crippen LogP contribution in [0.25, 0.3) is 10.8 Å². The third-order valence-corrected chi connectivity index (χ3v) is 5.54. The molecule has 3 aromatic rings. The zero-order valence-electron chi connectivity index (χ0n) is 17.3. The quantitative estimate of drug-likeness (QED) is 0.693. The van der Waals surface area contributed by atoms with Crippen molar-refractivity contribution in [3.05, 3.63) is 60.2 Å². The van der Waals surface area contributed by atoms with E-state index in [1.54, 1.807) is 25.2 Å². The number of methoxy groups -OCH3 is 2. The number of carbonyl (C=O) groups excluding carboxylic acids is 2. The SMILES string of the molecule is COc1cc(C)c(NC(=O)C2CC(=O)N(c3cccc4ccccc34)C2)cc1OC. The van der Waals surface area contributed by atoms with E-state index in [0.29, 0.717) is 23.7 Å². The average Bonchev–Trinajstić information content (AvgIpc) is 3.15. The summed E-state index contributed by atoms with van der Waals surface area (Å²) in [5, 5.41) is 5.03. The Labute approximate surface area is 175 Å². The second kappa shape index (κ2) is 8.06. The molecule has 4 rings (SSSR count). The van der Waals surface area contributed by atoms with E-state index in [-0.39, 0.29) is 18.2 Å². The van der Waals surface area contributed by atoms with E-state index in [2.05, 4.69) is 5.32 Å². The highest BCUT2D eigenvalue weighted by molar-refractivity contribution is 6.08. The molecule has 6 heteroatoms. The van der Waals surface area contributed by atoms with Crippen molar-refractivity contribution in [2.24, 2.45) is 5.92 Å². The van der Waals surface area contributed by atoms with Crippen molar-refractivity contribution in [2.75, 3.05) is 31.0 Å². The first-order chi connectivity index (χ1) is 14.5. The number of nitrogens with one attached hydrogen (secondary N) is 1. The Hall–Kier alpha value is -3.54. The molecule has 3 aromatic carbocycles. The van der Waals surface area contributed by atoms with Crippen LogP contribution in [0.3, 0.4) is 0 Å². The van der Waals surface area contributed by atoms with Crippen LogP contribution in [0.5, 0.6) is 11.5 Å². The predicted molar refractivity (Wildman–Crippen MR) is 117 cm³/mol. The van der Waals surface area contributed by atoms with Crippen LogP contribution in [-0.2, 0) is 9.59 Å². The first kappa shape index (κ1) is 19.8. The van der Waals surface area contributed by atoms with E-state index in [1.807, 2.05) is 55.5 Å². The van der Waals surface area contributed by atoms with Crippen molar-refractivity contribution in [1.82, 2.24) is 0 Å². The van der Waals surface area contributed by atoms with Crippen LogP contribution in [0.15, 0.2) is 54.6 Å². The maximum Gasteiger partial charge on any atom is 0.229 e. The minimum Gasteiger partial charge on any atom is -0.493 e. The van der Waals surface area contributed by atoms with Gasteiger partial charge in [-0.05, 0) is 30.0 Å². The average molecular weight is 404 g/mol. The van der Waals surface area contributed by atoms with Crippen LogP contribution in [0, 0.1) is 12.8 Å². The molecular weight excluding hydrogens is 380 g/mol. The zero-order valence-corrected chi connectivity index (χ0v) is 17.3. The monoisotopic (exact) mass is 404 g/mol. The third kappa shape index (κ3) is 3.56. The first-order valence-electron chi connectivity index (χ1n) is 9.83. The highest BCUT2D eigenvalue weighted by Crippen LogP contribution is 2.35. The number of fused-ring (bicyclic) bond motifs is 1. The van der Waals surface area contributed by atoms with E-state index < -0.39 is 5.92 Å². The Morgan fingerprint density at radius 2 is 1.73 bits per heavy atom. The molecule has 1 atom stereocenters. The van der Waals surface area contributed by atoms with E-state index in [1.165, 1.54) is 0 Å². The van der Waals surface area contributed by atoms with Crippen molar-refractivity contribution < 1.29 is 19.1 Å². The summed E-state index contributed by atoms with van der Waals surface area (Å²) < 4.78 is 10.6. The molecule has 1 aliphatic heterocycles. The number of aryl methyl sites for hydroxylation is 1. The standard InChI is InChI=1S/C24H24N2O4/c1-15-11-21(29-2)22(30-3)13-19(15)25-24(28)17-12-23(27)26(14-17)20-10-6-8-16-7-4-5-9-18(16)20/h4-11,13,17H,12,14H2,1-3H3,(H,25,28). The van der Waals surface area contributed by atoms with Gasteiger partial charge in [-0.1, -0.05) is 36.4 Å². The summed E-state index contributed by atoms with van der Waals surface area (Å²) in [6, 6.07) is 17.4. The molecule has 1 heterocycles. The molecule has 0 aliphatic carbocycles. The van der Waals surface area contributed by atoms with E-state index in [0.717, 1.165) is 22.0 Å². The van der Waals surface area contributed by atoms with Gasteiger partial charge in [-0.25, -0.2) is 0 Å². The van der Waals surface area contributed by atoms with Gasteiger partial charge in [0.1, 0.15) is 0 Å². The van der Waals surface area contributed by atoms with E-state index in [4.69, 9.17) is 9.47 Å². The molecule has 2 amide bonds. The molecule has 1 fully saturated rings. The molecule has 1 saturated heterocycles. The molecule has 1 aliphatic rings. The molecule has 30 heavy (non-hydrogen) atoms. The van der Waals surface area contributed by atoms with Crippen molar-refractivity contribution in [3.8, 4) is 11.5 Å². The van der Waals surface area contributed by atoms with Gasteiger partial charge in [0, 0.05) is 30.1 Å². The van der Waals surface area contributed by atoms with Gasteiger partial charge in [0.2, 0.25) is 11.8 Å². The number of hydrogen-bond donors (Lipinski definition) is 1. The van der Waals surface area contributed by atoms with E-state index in [9.17, 15) is 9.59 Å². The smallest absolute Gasteiger partial charge is 0.229 e. The van der Waals surface area contributed by atoms with Crippen LogP contribution in [0.4, 0.5) is 11.4 Å². The normalized spacial score (nSPS) is 16.0. The van der Waals surface area contributed by atoms with Crippen molar-refractivity contribution in [2.45, 2.75) is 13.3 Å². The van der Waals surface area contributed by atoms with Crippen molar-refractivity contribution >= 4 is 34.0 Å². The van der Waals surface area contributed by atoms with Crippen LogP contribution < -0.4 is 19.7 Å². The van der Waals surface area contributed by atoms with Gasteiger partial charge in [0.15, 0.2) is 11.5 Å². The summed E-state index contributed by atoms with van der Waals surface area (Å²) in [4.78, 5) is 27.4. The topological polar surface area (TPSA) is 67.9 Å². The number of anilines is 2. The van der Waals surface area contributed by atoms with Gasteiger partial charge in [-0.15, -0.1) is 0 Å². The van der Waals surface area contributed by atoms with Crippen molar-refractivity contribution in [1.29, 1.82) is 0 Å². The Bertz CT molecular complexity index is 1120. The van der Waals surface area contributed by atoms with Crippen molar-refractivity contribution in [3.63, 3.8) is 0 Å². The molecule has 0 bridgehead atoms. The number of rotatable bonds is 5. The summed E-state index contributed by atoms with van der Waals surface area (Å²) in [5.41, 5.74) is 2.35. The lowest BCUT2D eigenvalue weighted by Gasteiger charge is -2.19. The lowest BCUT2D eigenvalue weighted by Crippen LogP contribution is -2.28. The van der Waals surface area contributed by atoms with Gasteiger partial charge >= 0.3 is 0 Å². The largest absolute Gasteiger partial charge is 0.493 e. The maximum absolute atomic E-state index is 12.9. The fourth-order valence-corrected chi connectivity index (χ4v) is 3.91.